The van der Waals surface area contributed by atoms with Crippen LogP contribution < -0.4 is 14.2 Å². The maximum atomic E-state index is 12.0. The maximum absolute atomic E-state index is 12.0. The molecule has 1 aliphatic rings. The van der Waals surface area contributed by atoms with Crippen LogP contribution in [0.25, 0.3) is 0 Å². The Balaban J connectivity index is 1.59. The van der Waals surface area contributed by atoms with Crippen molar-refractivity contribution in [3.63, 3.8) is 0 Å². The second kappa shape index (κ2) is 10.3. The van der Waals surface area contributed by atoms with Crippen molar-refractivity contribution in [3.05, 3.63) is 78.0 Å². The van der Waals surface area contributed by atoms with Crippen LogP contribution in [0.4, 0.5) is 0 Å². The van der Waals surface area contributed by atoms with Crippen molar-refractivity contribution >= 4 is 6.29 Å². The van der Waals surface area contributed by atoms with Crippen LogP contribution in [0.15, 0.2) is 66.9 Å². The predicted molar refractivity (Wildman–Crippen MR) is 122 cm³/mol. The van der Waals surface area contributed by atoms with E-state index in [1.54, 1.807) is 14.2 Å². The molecule has 6 nitrogen and oxygen atoms in total. The SMILES string of the molecule is COc1cccc(OC)c1C1CCCC(C=O)N1Cc1ccc(Oc2ccccc2)nc1. The summed E-state index contributed by atoms with van der Waals surface area (Å²) in [5.41, 5.74) is 2.00. The molecule has 4 rings (SSSR count). The van der Waals surface area contributed by atoms with Gasteiger partial charge in [0.15, 0.2) is 0 Å². The number of aldehydes is 1. The number of hydrogen-bond acceptors (Lipinski definition) is 6. The number of methoxy groups -OCH3 is 2. The molecular formula is C26H28N2O4. The molecule has 2 aromatic carbocycles. The molecule has 1 saturated heterocycles. The van der Waals surface area contributed by atoms with Gasteiger partial charge in [-0.1, -0.05) is 30.3 Å². The van der Waals surface area contributed by atoms with E-state index in [1.807, 2.05) is 66.9 Å². The van der Waals surface area contributed by atoms with Gasteiger partial charge in [0.2, 0.25) is 5.88 Å². The Morgan fingerprint density at radius 1 is 0.969 bits per heavy atom. The number of benzene rings is 2. The molecule has 0 saturated carbocycles. The van der Waals surface area contributed by atoms with Crippen molar-refractivity contribution in [2.24, 2.45) is 0 Å². The number of piperidine rings is 1. The minimum atomic E-state index is -0.177. The summed E-state index contributed by atoms with van der Waals surface area (Å²) in [4.78, 5) is 18.7. The highest BCUT2D eigenvalue weighted by Crippen LogP contribution is 2.43. The molecule has 32 heavy (non-hydrogen) atoms. The van der Waals surface area contributed by atoms with E-state index in [-0.39, 0.29) is 12.1 Å². The topological polar surface area (TPSA) is 60.9 Å². The molecule has 1 aliphatic heterocycles. The third-order valence-corrected chi connectivity index (χ3v) is 5.89. The maximum Gasteiger partial charge on any atom is 0.219 e. The van der Waals surface area contributed by atoms with E-state index in [0.717, 1.165) is 53.9 Å². The lowest BCUT2D eigenvalue weighted by Gasteiger charge is -2.40. The van der Waals surface area contributed by atoms with E-state index < -0.39 is 0 Å². The zero-order valence-corrected chi connectivity index (χ0v) is 18.4. The molecule has 6 heteroatoms. The van der Waals surface area contributed by atoms with Gasteiger partial charge < -0.3 is 19.0 Å². The Morgan fingerprint density at radius 2 is 1.72 bits per heavy atom. The number of para-hydroxylation sites is 1. The van der Waals surface area contributed by atoms with Crippen molar-refractivity contribution in [3.8, 4) is 23.1 Å². The quantitative estimate of drug-likeness (QED) is 0.457. The third kappa shape index (κ3) is 4.75. The predicted octanol–water partition coefficient (Wildman–Crippen LogP) is 5.19. The normalized spacial score (nSPS) is 18.7. The monoisotopic (exact) mass is 432 g/mol. The first kappa shape index (κ1) is 21.8. The van der Waals surface area contributed by atoms with Crippen molar-refractivity contribution in [1.82, 2.24) is 9.88 Å². The summed E-state index contributed by atoms with van der Waals surface area (Å²) >= 11 is 0. The molecule has 3 aromatic rings. The molecule has 0 bridgehead atoms. The van der Waals surface area contributed by atoms with Gasteiger partial charge in [0.1, 0.15) is 23.5 Å². The van der Waals surface area contributed by atoms with Gasteiger partial charge in [-0.15, -0.1) is 0 Å². The minimum absolute atomic E-state index is 0.00490. The van der Waals surface area contributed by atoms with Crippen molar-refractivity contribution in [1.29, 1.82) is 0 Å². The number of likely N-dealkylation sites (tertiary alicyclic amines) is 1. The van der Waals surface area contributed by atoms with Crippen molar-refractivity contribution in [2.45, 2.75) is 37.9 Å². The number of carbonyl (C=O) groups is 1. The fraction of sp³-hybridized carbons (Fsp3) is 0.308. The first-order chi connectivity index (χ1) is 15.7. The van der Waals surface area contributed by atoms with E-state index >= 15 is 0 Å². The van der Waals surface area contributed by atoms with Gasteiger partial charge in [-0.3, -0.25) is 4.90 Å². The Morgan fingerprint density at radius 3 is 2.34 bits per heavy atom. The molecule has 0 radical (unpaired) electrons. The van der Waals surface area contributed by atoms with E-state index in [9.17, 15) is 4.79 Å². The zero-order chi connectivity index (χ0) is 22.3. The second-order valence-electron chi connectivity index (χ2n) is 7.82. The smallest absolute Gasteiger partial charge is 0.219 e. The number of rotatable bonds is 8. The molecular weight excluding hydrogens is 404 g/mol. The Kier molecular flexibility index (Phi) is 7.02. The average Bonchev–Trinajstić information content (AvgIpc) is 2.85. The Bertz CT molecular complexity index is 1000. The number of pyridine rings is 1. The fourth-order valence-corrected chi connectivity index (χ4v) is 4.36. The number of carbonyl (C=O) groups excluding carboxylic acids is 1. The molecule has 2 unspecified atom stereocenters. The van der Waals surface area contributed by atoms with Crippen LogP contribution in [0.3, 0.4) is 0 Å². The van der Waals surface area contributed by atoms with Gasteiger partial charge in [0.05, 0.1) is 25.8 Å². The lowest BCUT2D eigenvalue weighted by atomic mass is 9.89. The highest BCUT2D eigenvalue weighted by Gasteiger charge is 2.34. The van der Waals surface area contributed by atoms with Crippen LogP contribution in [0.5, 0.6) is 23.1 Å². The van der Waals surface area contributed by atoms with Crippen molar-refractivity contribution in [2.75, 3.05) is 14.2 Å². The Labute approximate surface area is 188 Å². The summed E-state index contributed by atoms with van der Waals surface area (Å²) in [6.45, 7) is 0.591. The van der Waals surface area contributed by atoms with Gasteiger partial charge in [-0.25, -0.2) is 4.98 Å². The summed E-state index contributed by atoms with van der Waals surface area (Å²) < 4.78 is 17.1. The van der Waals surface area contributed by atoms with Crippen LogP contribution in [-0.2, 0) is 11.3 Å². The van der Waals surface area contributed by atoms with Gasteiger partial charge in [-0.2, -0.15) is 0 Å². The number of hydrogen-bond donors (Lipinski definition) is 0. The summed E-state index contributed by atoms with van der Waals surface area (Å²) in [6.07, 6.45) is 5.58. The molecule has 2 heterocycles. The molecule has 0 aliphatic carbocycles. The highest BCUT2D eigenvalue weighted by molar-refractivity contribution is 5.59. The fourth-order valence-electron chi connectivity index (χ4n) is 4.36. The summed E-state index contributed by atoms with van der Waals surface area (Å²) in [5.74, 6) is 2.83. The minimum Gasteiger partial charge on any atom is -0.496 e. The highest BCUT2D eigenvalue weighted by atomic mass is 16.5. The van der Waals surface area contributed by atoms with Gasteiger partial charge in [0, 0.05) is 24.8 Å². The first-order valence-electron chi connectivity index (χ1n) is 10.8. The van der Waals surface area contributed by atoms with Crippen LogP contribution >= 0.6 is 0 Å². The molecule has 0 N–H and O–H groups in total. The number of nitrogens with zero attached hydrogens (tertiary/aromatic N) is 2. The van der Waals surface area contributed by atoms with Gasteiger partial charge in [-0.05, 0) is 49.1 Å². The molecule has 166 valence electrons. The van der Waals surface area contributed by atoms with Crippen molar-refractivity contribution < 1.29 is 19.0 Å². The largest absolute Gasteiger partial charge is 0.496 e. The summed E-state index contributed by atoms with van der Waals surface area (Å²) in [7, 11) is 3.33. The lowest BCUT2D eigenvalue weighted by molar-refractivity contribution is -0.115. The molecule has 2 atom stereocenters. The van der Waals surface area contributed by atoms with Crippen LogP contribution in [-0.4, -0.2) is 36.4 Å². The van der Waals surface area contributed by atoms with E-state index in [2.05, 4.69) is 9.88 Å². The summed E-state index contributed by atoms with van der Waals surface area (Å²) in [5, 5.41) is 0. The Hall–Kier alpha value is -3.38. The van der Waals surface area contributed by atoms with Crippen LogP contribution in [0, 0.1) is 0 Å². The van der Waals surface area contributed by atoms with Crippen LogP contribution in [0.2, 0.25) is 0 Å². The number of aromatic nitrogens is 1. The molecule has 1 aromatic heterocycles. The lowest BCUT2D eigenvalue weighted by Crippen LogP contribution is -2.42. The molecule has 0 amide bonds. The summed E-state index contributed by atoms with van der Waals surface area (Å²) in [6, 6.07) is 19.1. The van der Waals surface area contributed by atoms with Gasteiger partial charge >= 0.3 is 0 Å². The average molecular weight is 433 g/mol. The third-order valence-electron chi connectivity index (χ3n) is 5.89. The van der Waals surface area contributed by atoms with E-state index in [0.29, 0.717) is 12.4 Å². The second-order valence-corrected chi connectivity index (χ2v) is 7.82. The first-order valence-corrected chi connectivity index (χ1v) is 10.8. The standard InChI is InChI=1S/C26H28N2O4/c1-30-23-12-7-13-24(31-2)26(23)22-11-6-8-20(18-29)28(22)17-19-14-15-25(27-16-19)32-21-9-4-3-5-10-21/h3-5,7,9-10,12-16,18,20,22H,6,8,11,17H2,1-2H3. The number of ether oxygens (including phenoxy) is 3. The van der Waals surface area contributed by atoms with Crippen LogP contribution in [0.1, 0.15) is 36.4 Å². The molecule has 1 fully saturated rings. The van der Waals surface area contributed by atoms with E-state index in [1.165, 1.54) is 0 Å². The molecule has 0 spiro atoms. The van der Waals surface area contributed by atoms with E-state index in [4.69, 9.17) is 14.2 Å². The van der Waals surface area contributed by atoms with Gasteiger partial charge in [0.25, 0.3) is 0 Å². The zero-order valence-electron chi connectivity index (χ0n) is 18.4.